The first-order valence-corrected chi connectivity index (χ1v) is 11.8. The maximum absolute atomic E-state index is 14.1. The number of benzene rings is 2. The summed E-state index contributed by atoms with van der Waals surface area (Å²) in [5.74, 6) is -1.06. The lowest BCUT2D eigenvalue weighted by Crippen LogP contribution is -2.47. The molecule has 2 heterocycles. The number of para-hydroxylation sites is 1. The number of imide groups is 1. The molecule has 3 fully saturated rings. The molecule has 1 aliphatic carbocycles. The number of rotatable bonds is 4. The maximum atomic E-state index is 14.1. The van der Waals surface area contributed by atoms with Gasteiger partial charge in [-0.15, -0.1) is 0 Å². The Morgan fingerprint density at radius 3 is 2.24 bits per heavy atom. The fourth-order valence-electron chi connectivity index (χ4n) is 5.61. The molecule has 1 saturated carbocycles. The van der Waals surface area contributed by atoms with E-state index in [0.717, 1.165) is 11.3 Å². The summed E-state index contributed by atoms with van der Waals surface area (Å²) in [5.41, 5.74) is 1.08. The summed E-state index contributed by atoms with van der Waals surface area (Å²) in [6.45, 7) is 4.09. The van der Waals surface area contributed by atoms with Crippen LogP contribution >= 0.6 is 0 Å². The number of hydrogen-bond donors (Lipinski definition) is 0. The molecule has 2 amide bonds. The minimum Gasteiger partial charge on any atom is -0.366 e. The van der Waals surface area contributed by atoms with Crippen LogP contribution in [0.3, 0.4) is 0 Å². The smallest absolute Gasteiger partial charge is 0.294 e. The van der Waals surface area contributed by atoms with Gasteiger partial charge in [0.25, 0.3) is 5.69 Å². The van der Waals surface area contributed by atoms with Crippen LogP contribution in [0.2, 0.25) is 0 Å². The zero-order valence-electron chi connectivity index (χ0n) is 19.0. The largest absolute Gasteiger partial charge is 0.366 e. The number of nitrogens with zero attached hydrogens (tertiary/aromatic N) is 4. The van der Waals surface area contributed by atoms with E-state index in [9.17, 15) is 24.1 Å². The Hall–Kier alpha value is -3.49. The molecule has 178 valence electrons. The van der Waals surface area contributed by atoms with Gasteiger partial charge in [-0.25, -0.2) is 9.29 Å². The van der Waals surface area contributed by atoms with Gasteiger partial charge in [0.05, 0.1) is 28.1 Å². The summed E-state index contributed by atoms with van der Waals surface area (Å²) in [7, 11) is 0. The number of carbonyl (C=O) groups excluding carboxylic acids is 2. The van der Waals surface area contributed by atoms with E-state index in [0.29, 0.717) is 56.3 Å². The van der Waals surface area contributed by atoms with Gasteiger partial charge in [0.15, 0.2) is 0 Å². The summed E-state index contributed by atoms with van der Waals surface area (Å²) in [6, 6.07) is 11.2. The molecule has 0 bridgehead atoms. The highest BCUT2D eigenvalue weighted by Gasteiger charge is 2.50. The molecular weight excluding hydrogens is 439 g/mol. The summed E-state index contributed by atoms with van der Waals surface area (Å²) in [6.07, 6.45) is 2.27. The Balaban J connectivity index is 1.38. The molecule has 0 unspecified atom stereocenters. The lowest BCUT2D eigenvalue weighted by atomic mass is 9.76. The third-order valence-electron chi connectivity index (χ3n) is 7.42. The van der Waals surface area contributed by atoms with Crippen LogP contribution in [0.25, 0.3) is 0 Å². The fraction of sp³-hybridized carbons (Fsp3) is 0.440. The Labute approximate surface area is 197 Å². The second-order valence-electron chi connectivity index (χ2n) is 9.50. The molecule has 0 aromatic heterocycles. The van der Waals surface area contributed by atoms with E-state index in [1.54, 1.807) is 30.3 Å². The highest BCUT2D eigenvalue weighted by molar-refractivity contribution is 6.22. The van der Waals surface area contributed by atoms with E-state index in [1.807, 2.05) is 9.80 Å². The third-order valence-corrected chi connectivity index (χ3v) is 7.42. The van der Waals surface area contributed by atoms with Gasteiger partial charge in [-0.05, 0) is 49.4 Å². The maximum Gasteiger partial charge on any atom is 0.294 e. The Morgan fingerprint density at radius 1 is 0.912 bits per heavy atom. The fourth-order valence-corrected chi connectivity index (χ4v) is 5.61. The van der Waals surface area contributed by atoms with Crippen LogP contribution in [0.5, 0.6) is 0 Å². The number of hydrogen-bond acceptors (Lipinski definition) is 6. The van der Waals surface area contributed by atoms with Gasteiger partial charge >= 0.3 is 0 Å². The molecule has 3 atom stereocenters. The number of nitro groups is 1. The lowest BCUT2D eigenvalue weighted by Gasteiger charge is -2.37. The Morgan fingerprint density at radius 2 is 1.56 bits per heavy atom. The minimum absolute atomic E-state index is 0.138. The first kappa shape index (κ1) is 22.3. The molecule has 2 aromatic carbocycles. The van der Waals surface area contributed by atoms with Crippen LogP contribution in [0.1, 0.15) is 26.2 Å². The Bertz CT molecular complexity index is 1150. The second kappa shape index (κ2) is 8.70. The second-order valence-corrected chi connectivity index (χ2v) is 9.50. The lowest BCUT2D eigenvalue weighted by molar-refractivity contribution is -0.384. The van der Waals surface area contributed by atoms with Crippen LogP contribution in [0, 0.1) is 33.7 Å². The highest BCUT2D eigenvalue weighted by Crippen LogP contribution is 2.43. The first-order valence-electron chi connectivity index (χ1n) is 11.8. The van der Waals surface area contributed by atoms with Crippen molar-refractivity contribution in [3.8, 4) is 0 Å². The van der Waals surface area contributed by atoms with E-state index in [1.165, 1.54) is 12.1 Å². The van der Waals surface area contributed by atoms with Crippen molar-refractivity contribution >= 4 is 34.6 Å². The summed E-state index contributed by atoms with van der Waals surface area (Å²) >= 11 is 0. The van der Waals surface area contributed by atoms with Crippen molar-refractivity contribution in [3.63, 3.8) is 0 Å². The number of halogens is 1. The molecule has 2 saturated heterocycles. The van der Waals surface area contributed by atoms with Crippen LogP contribution in [0.15, 0.2) is 42.5 Å². The van der Waals surface area contributed by atoms with Crippen LogP contribution in [-0.2, 0) is 9.59 Å². The van der Waals surface area contributed by atoms with Crippen molar-refractivity contribution in [1.29, 1.82) is 0 Å². The van der Waals surface area contributed by atoms with Gasteiger partial charge in [-0.3, -0.25) is 19.7 Å². The molecule has 2 aliphatic heterocycles. The van der Waals surface area contributed by atoms with Gasteiger partial charge in [-0.2, -0.15) is 0 Å². The number of carbonyl (C=O) groups is 2. The van der Waals surface area contributed by atoms with Crippen molar-refractivity contribution in [1.82, 2.24) is 0 Å². The number of amides is 2. The highest BCUT2D eigenvalue weighted by atomic mass is 19.1. The quantitative estimate of drug-likeness (QED) is 0.385. The third kappa shape index (κ3) is 3.78. The first-order chi connectivity index (χ1) is 16.3. The minimum atomic E-state index is -0.470. The molecular formula is C25H27FN4O4. The topological polar surface area (TPSA) is 87.0 Å². The monoisotopic (exact) mass is 466 g/mol. The molecule has 5 rings (SSSR count). The van der Waals surface area contributed by atoms with Crippen molar-refractivity contribution < 1.29 is 18.9 Å². The zero-order valence-corrected chi connectivity index (χ0v) is 19.0. The average molecular weight is 467 g/mol. The zero-order chi connectivity index (χ0) is 24.0. The van der Waals surface area contributed by atoms with Crippen LogP contribution in [-0.4, -0.2) is 42.9 Å². The van der Waals surface area contributed by atoms with E-state index in [-0.39, 0.29) is 40.8 Å². The summed E-state index contributed by atoms with van der Waals surface area (Å²) < 4.78 is 14.1. The predicted octanol–water partition coefficient (Wildman–Crippen LogP) is 3.99. The number of nitro benzene ring substituents is 1. The normalized spacial score (nSPS) is 25.0. The number of anilines is 3. The van der Waals surface area contributed by atoms with E-state index in [4.69, 9.17) is 0 Å². The molecule has 0 radical (unpaired) electrons. The van der Waals surface area contributed by atoms with Crippen molar-refractivity contribution in [2.75, 3.05) is 40.9 Å². The SMILES string of the molecule is C[C@@H]1CC[C@@H]2C(=O)N(c3ccc(N4CCN(c5ccccc5F)CC4)c([N+](=O)[O-])c3)C(=O)[C@H]2C1. The van der Waals surface area contributed by atoms with Gasteiger partial charge in [-0.1, -0.05) is 19.1 Å². The molecule has 8 nitrogen and oxygen atoms in total. The van der Waals surface area contributed by atoms with Crippen molar-refractivity contribution in [2.24, 2.45) is 17.8 Å². The van der Waals surface area contributed by atoms with Crippen LogP contribution in [0.4, 0.5) is 27.1 Å². The molecule has 0 spiro atoms. The number of piperazine rings is 1. The van der Waals surface area contributed by atoms with Crippen LogP contribution < -0.4 is 14.7 Å². The van der Waals surface area contributed by atoms with Gasteiger partial charge in [0.2, 0.25) is 11.8 Å². The average Bonchev–Trinajstić information content (AvgIpc) is 3.08. The summed E-state index contributed by atoms with van der Waals surface area (Å²) in [5, 5.41) is 11.9. The molecule has 2 aromatic rings. The van der Waals surface area contributed by atoms with Gasteiger partial charge in [0.1, 0.15) is 11.5 Å². The molecule has 3 aliphatic rings. The number of fused-ring (bicyclic) bond motifs is 1. The molecule has 34 heavy (non-hydrogen) atoms. The predicted molar refractivity (Wildman–Crippen MR) is 126 cm³/mol. The molecule has 0 N–H and O–H groups in total. The standard InChI is InChI=1S/C25H27FN4O4/c1-16-6-8-18-19(14-16)25(32)29(24(18)31)17-7-9-22(23(15-17)30(33)34)28-12-10-27(11-13-28)21-5-3-2-4-20(21)26/h2-5,7,9,15-16,18-19H,6,8,10-14H2,1H3/t16-,18+,19+/m1/s1. The van der Waals surface area contributed by atoms with Gasteiger partial charge < -0.3 is 9.80 Å². The van der Waals surface area contributed by atoms with Gasteiger partial charge in [0, 0.05) is 32.2 Å². The molecule has 9 heteroatoms. The van der Waals surface area contributed by atoms with E-state index < -0.39 is 4.92 Å². The van der Waals surface area contributed by atoms with Crippen molar-refractivity contribution in [3.05, 3.63) is 58.4 Å². The van der Waals surface area contributed by atoms with Crippen molar-refractivity contribution in [2.45, 2.75) is 26.2 Å². The summed E-state index contributed by atoms with van der Waals surface area (Å²) in [4.78, 5) is 42.5. The van der Waals surface area contributed by atoms with E-state index in [2.05, 4.69) is 6.92 Å². The van der Waals surface area contributed by atoms with E-state index >= 15 is 0 Å². The Kier molecular flexibility index (Phi) is 5.71.